The average Bonchev–Trinajstić information content (AvgIpc) is 3.23. The Morgan fingerprint density at radius 2 is 1.71 bits per heavy atom. The molecule has 0 bridgehead atoms. The normalized spacial score (nSPS) is 19.1. The number of nitrogens with zero attached hydrogens (tertiary/aromatic N) is 4. The molecule has 5 nitrogen and oxygen atoms in total. The van der Waals surface area contributed by atoms with E-state index in [1.807, 2.05) is 16.9 Å². The molecule has 2 aromatic carbocycles. The minimum Gasteiger partial charge on any atom is -0.364 e. The molecule has 5 rings (SSSR count). The maximum Gasteiger partial charge on any atom is 0.162 e. The Labute approximate surface area is 183 Å². The molecule has 2 atom stereocenters. The van der Waals surface area contributed by atoms with E-state index in [-0.39, 0.29) is 0 Å². The highest BCUT2D eigenvalue weighted by Crippen LogP contribution is 2.28. The van der Waals surface area contributed by atoms with E-state index in [2.05, 4.69) is 90.8 Å². The van der Waals surface area contributed by atoms with Crippen molar-refractivity contribution < 1.29 is 0 Å². The molecule has 1 N–H and O–H groups in total. The van der Waals surface area contributed by atoms with Crippen LogP contribution in [0.25, 0.3) is 27.9 Å². The van der Waals surface area contributed by atoms with Crippen molar-refractivity contribution >= 4 is 11.3 Å². The molecule has 1 aliphatic rings. The Hall–Kier alpha value is -3.18. The van der Waals surface area contributed by atoms with Crippen LogP contribution < -0.4 is 10.2 Å². The molecule has 5 heteroatoms. The number of aromatic nitrogens is 3. The standard InChI is InChI=1S/C26H29N5/c1-4-20-6-5-7-22(12-20)25-16-29-30-17-23(15-28-26(25)30)21-8-10-24(11-9-21)31-18(2)13-27-14-19(31)3/h5-12,15-19,27H,4,13-14H2,1-3H3/t18-,19+. The van der Waals surface area contributed by atoms with Gasteiger partial charge in [-0.05, 0) is 49.1 Å². The molecule has 4 aromatic rings. The Balaban J connectivity index is 1.44. The van der Waals surface area contributed by atoms with Crippen LogP contribution in [0, 0.1) is 0 Å². The van der Waals surface area contributed by atoms with Crippen molar-refractivity contribution in [3.05, 3.63) is 72.7 Å². The highest BCUT2D eigenvalue weighted by molar-refractivity contribution is 5.78. The van der Waals surface area contributed by atoms with Crippen LogP contribution in [0.15, 0.2) is 67.1 Å². The summed E-state index contributed by atoms with van der Waals surface area (Å²) >= 11 is 0. The quantitative estimate of drug-likeness (QED) is 0.523. The van der Waals surface area contributed by atoms with E-state index in [0.29, 0.717) is 12.1 Å². The molecule has 0 unspecified atom stereocenters. The Morgan fingerprint density at radius 3 is 2.45 bits per heavy atom. The molecule has 0 aliphatic carbocycles. The highest BCUT2D eigenvalue weighted by Gasteiger charge is 2.24. The fourth-order valence-corrected chi connectivity index (χ4v) is 4.65. The first-order valence-electron chi connectivity index (χ1n) is 11.2. The van der Waals surface area contributed by atoms with Gasteiger partial charge in [-0.25, -0.2) is 9.50 Å². The van der Waals surface area contributed by atoms with Crippen LogP contribution in [0.1, 0.15) is 26.3 Å². The van der Waals surface area contributed by atoms with Crippen LogP contribution >= 0.6 is 0 Å². The summed E-state index contributed by atoms with van der Waals surface area (Å²) in [5.41, 5.74) is 7.93. The van der Waals surface area contributed by atoms with E-state index in [4.69, 9.17) is 4.98 Å². The summed E-state index contributed by atoms with van der Waals surface area (Å²) in [6.45, 7) is 8.78. The van der Waals surface area contributed by atoms with Crippen LogP contribution in [-0.4, -0.2) is 39.8 Å². The first-order valence-corrected chi connectivity index (χ1v) is 11.2. The van der Waals surface area contributed by atoms with Gasteiger partial charge in [0.2, 0.25) is 0 Å². The van der Waals surface area contributed by atoms with Crippen molar-refractivity contribution in [2.45, 2.75) is 39.3 Å². The third-order valence-electron chi connectivity index (χ3n) is 6.33. The van der Waals surface area contributed by atoms with Gasteiger partial charge < -0.3 is 10.2 Å². The summed E-state index contributed by atoms with van der Waals surface area (Å²) in [4.78, 5) is 7.27. The van der Waals surface area contributed by atoms with Gasteiger partial charge in [0.05, 0.1) is 6.20 Å². The minimum atomic E-state index is 0.487. The second-order valence-corrected chi connectivity index (χ2v) is 8.53. The van der Waals surface area contributed by atoms with Crippen molar-refractivity contribution in [1.29, 1.82) is 0 Å². The van der Waals surface area contributed by atoms with E-state index in [1.54, 1.807) is 0 Å². The lowest BCUT2D eigenvalue weighted by atomic mass is 10.0. The van der Waals surface area contributed by atoms with Gasteiger partial charge in [0.1, 0.15) is 0 Å². The Kier molecular flexibility index (Phi) is 5.20. The number of rotatable bonds is 4. The third-order valence-corrected chi connectivity index (χ3v) is 6.33. The second kappa shape index (κ2) is 8.16. The third kappa shape index (κ3) is 3.70. The fraction of sp³-hybridized carbons (Fsp3) is 0.308. The lowest BCUT2D eigenvalue weighted by Crippen LogP contribution is -2.55. The molecule has 2 aromatic heterocycles. The van der Waals surface area contributed by atoms with E-state index < -0.39 is 0 Å². The lowest BCUT2D eigenvalue weighted by Gasteiger charge is -2.41. The van der Waals surface area contributed by atoms with Crippen LogP contribution in [0.4, 0.5) is 5.69 Å². The summed E-state index contributed by atoms with van der Waals surface area (Å²) in [6, 6.07) is 18.4. The summed E-state index contributed by atoms with van der Waals surface area (Å²) < 4.78 is 1.89. The number of aryl methyl sites for hydroxylation is 1. The zero-order chi connectivity index (χ0) is 21.4. The van der Waals surface area contributed by atoms with Gasteiger partial charge in [-0.3, -0.25) is 0 Å². The number of anilines is 1. The number of benzene rings is 2. The fourth-order valence-electron chi connectivity index (χ4n) is 4.65. The Morgan fingerprint density at radius 1 is 0.935 bits per heavy atom. The monoisotopic (exact) mass is 411 g/mol. The largest absolute Gasteiger partial charge is 0.364 e. The highest BCUT2D eigenvalue weighted by atomic mass is 15.2. The molecule has 1 fully saturated rings. The summed E-state index contributed by atoms with van der Waals surface area (Å²) in [6.07, 6.45) is 6.96. The molecule has 31 heavy (non-hydrogen) atoms. The second-order valence-electron chi connectivity index (χ2n) is 8.53. The molecular formula is C26H29N5. The predicted molar refractivity (Wildman–Crippen MR) is 128 cm³/mol. The summed E-state index contributed by atoms with van der Waals surface area (Å²) in [7, 11) is 0. The molecule has 1 saturated heterocycles. The van der Waals surface area contributed by atoms with Gasteiger partial charge in [-0.15, -0.1) is 0 Å². The van der Waals surface area contributed by atoms with Crippen molar-refractivity contribution in [1.82, 2.24) is 19.9 Å². The molecule has 158 valence electrons. The number of nitrogens with one attached hydrogen (secondary N) is 1. The maximum atomic E-state index is 4.77. The van der Waals surface area contributed by atoms with Gasteiger partial charge in [-0.1, -0.05) is 43.3 Å². The van der Waals surface area contributed by atoms with Crippen LogP contribution in [0.5, 0.6) is 0 Å². The number of hydrogen-bond acceptors (Lipinski definition) is 4. The molecule has 0 radical (unpaired) electrons. The molecule has 0 spiro atoms. The molecule has 0 amide bonds. The van der Waals surface area contributed by atoms with E-state index >= 15 is 0 Å². The molecule has 3 heterocycles. The first-order chi connectivity index (χ1) is 15.1. The zero-order valence-corrected chi connectivity index (χ0v) is 18.4. The van der Waals surface area contributed by atoms with Crippen LogP contribution in [-0.2, 0) is 6.42 Å². The summed E-state index contributed by atoms with van der Waals surface area (Å²) in [5.74, 6) is 0. The van der Waals surface area contributed by atoms with Crippen LogP contribution in [0.2, 0.25) is 0 Å². The van der Waals surface area contributed by atoms with Gasteiger partial charge in [0.15, 0.2) is 5.65 Å². The van der Waals surface area contributed by atoms with E-state index in [1.165, 1.54) is 16.8 Å². The molecule has 0 saturated carbocycles. The smallest absolute Gasteiger partial charge is 0.162 e. The van der Waals surface area contributed by atoms with E-state index in [0.717, 1.165) is 41.8 Å². The Bertz CT molecular complexity index is 1180. The zero-order valence-electron chi connectivity index (χ0n) is 18.4. The lowest BCUT2D eigenvalue weighted by molar-refractivity contribution is 0.432. The van der Waals surface area contributed by atoms with Gasteiger partial charge in [0, 0.05) is 54.4 Å². The predicted octanol–water partition coefficient (Wildman–Crippen LogP) is 4.81. The van der Waals surface area contributed by atoms with Crippen molar-refractivity contribution in [3.63, 3.8) is 0 Å². The van der Waals surface area contributed by atoms with Gasteiger partial charge in [-0.2, -0.15) is 5.10 Å². The first kappa shape index (κ1) is 19.8. The van der Waals surface area contributed by atoms with Crippen molar-refractivity contribution in [3.8, 4) is 22.3 Å². The van der Waals surface area contributed by atoms with Gasteiger partial charge in [0.25, 0.3) is 0 Å². The summed E-state index contributed by atoms with van der Waals surface area (Å²) in [5, 5.41) is 8.09. The topological polar surface area (TPSA) is 45.5 Å². The number of piperazine rings is 1. The number of fused-ring (bicyclic) bond motifs is 1. The van der Waals surface area contributed by atoms with Crippen molar-refractivity contribution in [2.24, 2.45) is 0 Å². The molecular weight excluding hydrogens is 382 g/mol. The number of hydrogen-bond donors (Lipinski definition) is 1. The minimum absolute atomic E-state index is 0.487. The van der Waals surface area contributed by atoms with Crippen molar-refractivity contribution in [2.75, 3.05) is 18.0 Å². The average molecular weight is 412 g/mol. The SMILES string of the molecule is CCc1cccc(-c2cnn3cc(-c4ccc(N5[C@H](C)CNC[C@@H]5C)cc4)cnc23)c1. The van der Waals surface area contributed by atoms with E-state index in [9.17, 15) is 0 Å². The van der Waals surface area contributed by atoms with Crippen LogP contribution in [0.3, 0.4) is 0 Å². The maximum absolute atomic E-state index is 4.77. The molecule has 1 aliphatic heterocycles. The van der Waals surface area contributed by atoms with Gasteiger partial charge >= 0.3 is 0 Å².